The maximum absolute atomic E-state index is 12.8. The molecule has 7 heteroatoms. The molecule has 2 aromatic carbocycles. The molecule has 6 nitrogen and oxygen atoms in total. The van der Waals surface area contributed by atoms with E-state index in [0.717, 1.165) is 28.1 Å². The van der Waals surface area contributed by atoms with Crippen LogP contribution in [0, 0.1) is 0 Å². The zero-order valence-corrected chi connectivity index (χ0v) is 18.4. The molecule has 32 heavy (non-hydrogen) atoms. The van der Waals surface area contributed by atoms with Crippen LogP contribution in [0.4, 0.5) is 0 Å². The normalized spacial score (nSPS) is 16.1. The van der Waals surface area contributed by atoms with Gasteiger partial charge in [0, 0.05) is 43.2 Å². The Balaban J connectivity index is 1.25. The van der Waals surface area contributed by atoms with Crippen molar-refractivity contribution in [3.63, 3.8) is 0 Å². The monoisotopic (exact) mass is 444 g/mol. The predicted molar refractivity (Wildman–Crippen MR) is 125 cm³/mol. The van der Waals surface area contributed by atoms with E-state index in [2.05, 4.69) is 38.2 Å². The number of rotatable bonds is 6. The van der Waals surface area contributed by atoms with Crippen LogP contribution in [-0.2, 0) is 17.9 Å². The molecular formula is C25H24N4O2S. The molecule has 3 heterocycles. The van der Waals surface area contributed by atoms with E-state index < -0.39 is 0 Å². The molecule has 1 N–H and O–H groups in total. The third-order valence-electron chi connectivity index (χ3n) is 5.51. The van der Waals surface area contributed by atoms with Crippen LogP contribution in [0.5, 0.6) is 5.75 Å². The van der Waals surface area contributed by atoms with Crippen molar-refractivity contribution < 1.29 is 9.53 Å². The van der Waals surface area contributed by atoms with E-state index in [1.165, 1.54) is 0 Å². The largest absolute Gasteiger partial charge is 0.484 e. The lowest BCUT2D eigenvalue weighted by Crippen LogP contribution is -2.38. The van der Waals surface area contributed by atoms with Crippen molar-refractivity contribution in [1.29, 1.82) is 0 Å². The summed E-state index contributed by atoms with van der Waals surface area (Å²) < 4.78 is 8.13. The summed E-state index contributed by atoms with van der Waals surface area (Å²) in [7, 11) is 0. The highest BCUT2D eigenvalue weighted by Crippen LogP contribution is 2.31. The molecule has 0 aliphatic carbocycles. The molecule has 1 atom stereocenters. The van der Waals surface area contributed by atoms with E-state index in [4.69, 9.17) is 4.74 Å². The maximum Gasteiger partial charge on any atom is 0.234 e. The molecule has 0 fully saturated rings. The number of carbonyl (C=O) groups is 1. The summed E-state index contributed by atoms with van der Waals surface area (Å²) in [5, 5.41) is 11.5. The fourth-order valence-electron chi connectivity index (χ4n) is 3.92. The van der Waals surface area contributed by atoms with Gasteiger partial charge in [-0.15, -0.1) is 0 Å². The Morgan fingerprint density at radius 1 is 1.16 bits per heavy atom. The van der Waals surface area contributed by atoms with Gasteiger partial charge in [0.05, 0.1) is 12.2 Å². The molecule has 1 aliphatic heterocycles. The van der Waals surface area contributed by atoms with Gasteiger partial charge >= 0.3 is 0 Å². The molecule has 2 aromatic heterocycles. The van der Waals surface area contributed by atoms with Crippen molar-refractivity contribution in [2.45, 2.75) is 19.2 Å². The number of benzene rings is 2. The Kier molecular flexibility index (Phi) is 6.00. The van der Waals surface area contributed by atoms with Crippen LogP contribution < -0.4 is 10.1 Å². The minimum atomic E-state index is -0.0940. The second-order valence-corrected chi connectivity index (χ2v) is 8.62. The van der Waals surface area contributed by atoms with Gasteiger partial charge < -0.3 is 10.1 Å². The number of aromatic nitrogens is 2. The van der Waals surface area contributed by atoms with Crippen molar-refractivity contribution in [3.8, 4) is 11.4 Å². The third kappa shape index (κ3) is 4.74. The first-order chi connectivity index (χ1) is 15.7. The van der Waals surface area contributed by atoms with Gasteiger partial charge in [-0.3, -0.25) is 9.69 Å². The Bertz CT molecular complexity index is 1170. The topological polar surface area (TPSA) is 59.4 Å². The lowest BCUT2D eigenvalue weighted by Gasteiger charge is -2.23. The van der Waals surface area contributed by atoms with Crippen LogP contribution in [0.2, 0.25) is 0 Å². The molecule has 4 aromatic rings. The number of ether oxygens (including phenoxy) is 1. The van der Waals surface area contributed by atoms with Crippen LogP contribution in [-0.4, -0.2) is 33.7 Å². The molecule has 0 saturated heterocycles. The van der Waals surface area contributed by atoms with Crippen molar-refractivity contribution in [2.75, 3.05) is 13.1 Å². The van der Waals surface area contributed by atoms with Gasteiger partial charge in [-0.05, 0) is 46.7 Å². The van der Waals surface area contributed by atoms with Crippen molar-refractivity contribution in [1.82, 2.24) is 20.0 Å². The van der Waals surface area contributed by atoms with Crippen LogP contribution in [0.15, 0.2) is 83.8 Å². The molecule has 1 aliphatic rings. The fourth-order valence-corrected chi connectivity index (χ4v) is 4.62. The van der Waals surface area contributed by atoms with E-state index >= 15 is 0 Å². The number of carbonyl (C=O) groups excluding carboxylic acids is 1. The highest BCUT2D eigenvalue weighted by atomic mass is 32.1. The number of para-hydroxylation sites is 1. The predicted octanol–water partition coefficient (Wildman–Crippen LogP) is 4.19. The Morgan fingerprint density at radius 2 is 2.09 bits per heavy atom. The lowest BCUT2D eigenvalue weighted by molar-refractivity contribution is -0.122. The smallest absolute Gasteiger partial charge is 0.234 e. The quantitative estimate of drug-likeness (QED) is 0.485. The highest BCUT2D eigenvalue weighted by molar-refractivity contribution is 7.07. The van der Waals surface area contributed by atoms with Gasteiger partial charge in [-0.2, -0.15) is 16.4 Å². The Hall–Kier alpha value is -3.42. The van der Waals surface area contributed by atoms with E-state index in [1.54, 1.807) is 17.5 Å². The number of amides is 1. The molecular weight excluding hydrogens is 420 g/mol. The molecule has 0 spiro atoms. The second-order valence-electron chi connectivity index (χ2n) is 7.84. The number of nitrogens with one attached hydrogen (secondary N) is 1. The second kappa shape index (κ2) is 9.38. The van der Waals surface area contributed by atoms with Crippen molar-refractivity contribution in [2.24, 2.45) is 0 Å². The zero-order chi connectivity index (χ0) is 21.8. The van der Waals surface area contributed by atoms with Gasteiger partial charge in [-0.1, -0.05) is 30.3 Å². The number of fused-ring (bicyclic) bond motifs is 1. The van der Waals surface area contributed by atoms with Crippen LogP contribution in [0.3, 0.4) is 0 Å². The molecule has 5 rings (SSSR count). The van der Waals surface area contributed by atoms with Gasteiger partial charge in [0.2, 0.25) is 5.91 Å². The summed E-state index contributed by atoms with van der Waals surface area (Å²) in [5.74, 6) is 0.889. The Morgan fingerprint density at radius 3 is 2.94 bits per heavy atom. The summed E-state index contributed by atoms with van der Waals surface area (Å²) in [4.78, 5) is 15.0. The summed E-state index contributed by atoms with van der Waals surface area (Å²) in [5.41, 5.74) is 4.26. The summed E-state index contributed by atoms with van der Waals surface area (Å²) in [6, 6.07) is 20.1. The summed E-state index contributed by atoms with van der Waals surface area (Å²) >= 11 is 1.66. The molecule has 0 unspecified atom stereocenters. The SMILES string of the molecule is O=C(CN1Cc2ccccc2O[C@H](c2ccsc2)C1)NCc1cccc(-n2cccn2)c1. The highest BCUT2D eigenvalue weighted by Gasteiger charge is 2.25. The van der Waals surface area contributed by atoms with E-state index in [9.17, 15) is 4.79 Å². The number of thiophene rings is 1. The van der Waals surface area contributed by atoms with Gasteiger partial charge in [0.15, 0.2) is 0 Å². The summed E-state index contributed by atoms with van der Waals surface area (Å²) in [6.45, 7) is 2.13. The van der Waals surface area contributed by atoms with E-state index in [0.29, 0.717) is 26.2 Å². The van der Waals surface area contributed by atoms with Gasteiger partial charge in [-0.25, -0.2) is 4.68 Å². The lowest BCUT2D eigenvalue weighted by atomic mass is 10.2. The van der Waals surface area contributed by atoms with Crippen LogP contribution in [0.1, 0.15) is 22.8 Å². The van der Waals surface area contributed by atoms with Gasteiger partial charge in [0.1, 0.15) is 11.9 Å². The van der Waals surface area contributed by atoms with Crippen molar-refractivity contribution >= 4 is 17.2 Å². The first-order valence-electron chi connectivity index (χ1n) is 10.6. The third-order valence-corrected chi connectivity index (χ3v) is 6.21. The average molecular weight is 445 g/mol. The molecule has 0 radical (unpaired) electrons. The summed E-state index contributed by atoms with van der Waals surface area (Å²) in [6.07, 6.45) is 3.56. The first kappa shape index (κ1) is 20.5. The van der Waals surface area contributed by atoms with Crippen LogP contribution >= 0.6 is 11.3 Å². The van der Waals surface area contributed by atoms with Crippen LogP contribution in [0.25, 0.3) is 5.69 Å². The van der Waals surface area contributed by atoms with E-state index in [1.807, 2.05) is 59.4 Å². The molecule has 0 saturated carbocycles. The minimum absolute atomic E-state index is 0.00191. The number of hydrogen-bond acceptors (Lipinski definition) is 5. The maximum atomic E-state index is 12.8. The zero-order valence-electron chi connectivity index (χ0n) is 17.6. The fraction of sp³-hybridized carbons (Fsp3) is 0.200. The van der Waals surface area contributed by atoms with Gasteiger partial charge in [0.25, 0.3) is 0 Å². The van der Waals surface area contributed by atoms with Crippen molar-refractivity contribution in [3.05, 3.63) is 101 Å². The molecule has 162 valence electrons. The minimum Gasteiger partial charge on any atom is -0.484 e. The molecule has 1 amide bonds. The number of hydrogen-bond donors (Lipinski definition) is 1. The molecule has 0 bridgehead atoms. The number of nitrogens with zero attached hydrogens (tertiary/aromatic N) is 3. The average Bonchev–Trinajstić information content (AvgIpc) is 3.51. The first-order valence-corrected chi connectivity index (χ1v) is 11.5. The van der Waals surface area contributed by atoms with E-state index in [-0.39, 0.29) is 12.0 Å². The standard InChI is InChI=1S/C25H24N4O2S/c30-25(26-14-19-5-3-7-22(13-19)29-11-4-10-27-29)17-28-15-20-6-1-2-8-23(20)31-24(16-28)21-9-12-32-18-21/h1-13,18,24H,14-17H2,(H,26,30)/t24-/m0/s1. The Labute approximate surface area is 191 Å².